The standard InChI is InChI=1S/C12H12ClN3/c1-2-7-15-11-8-5-3-4-6-9(8)16-12(13)10(11)14/h2-6H,1,7,14H2,(H,15,16). The summed E-state index contributed by atoms with van der Waals surface area (Å²) < 4.78 is 0. The van der Waals surface area contributed by atoms with Crippen molar-refractivity contribution in [2.24, 2.45) is 0 Å². The fourth-order valence-electron chi connectivity index (χ4n) is 1.56. The summed E-state index contributed by atoms with van der Waals surface area (Å²) >= 11 is 5.97. The van der Waals surface area contributed by atoms with Gasteiger partial charge in [0, 0.05) is 11.9 Å². The van der Waals surface area contributed by atoms with E-state index in [0.717, 1.165) is 16.6 Å². The zero-order valence-electron chi connectivity index (χ0n) is 8.70. The van der Waals surface area contributed by atoms with Crippen LogP contribution in [-0.4, -0.2) is 11.5 Å². The minimum absolute atomic E-state index is 0.324. The lowest BCUT2D eigenvalue weighted by atomic mass is 10.1. The maximum atomic E-state index is 5.97. The molecule has 0 amide bonds. The molecule has 16 heavy (non-hydrogen) atoms. The third kappa shape index (κ3) is 1.82. The first kappa shape index (κ1) is 10.8. The molecule has 0 aliphatic rings. The molecule has 1 aromatic carbocycles. The monoisotopic (exact) mass is 233 g/mol. The molecule has 0 aliphatic heterocycles. The number of pyridine rings is 1. The van der Waals surface area contributed by atoms with Crippen LogP contribution in [0.15, 0.2) is 36.9 Å². The van der Waals surface area contributed by atoms with E-state index in [1.807, 2.05) is 24.3 Å². The lowest BCUT2D eigenvalue weighted by molar-refractivity contribution is 1.33. The summed E-state index contributed by atoms with van der Waals surface area (Å²) in [5.41, 5.74) is 8.01. The number of nitrogen functional groups attached to an aromatic ring is 1. The van der Waals surface area contributed by atoms with E-state index < -0.39 is 0 Å². The summed E-state index contributed by atoms with van der Waals surface area (Å²) in [4.78, 5) is 4.22. The van der Waals surface area contributed by atoms with Crippen LogP contribution in [0.5, 0.6) is 0 Å². The maximum absolute atomic E-state index is 5.97. The number of rotatable bonds is 3. The molecule has 3 N–H and O–H groups in total. The smallest absolute Gasteiger partial charge is 0.154 e. The van der Waals surface area contributed by atoms with E-state index in [2.05, 4.69) is 16.9 Å². The van der Waals surface area contributed by atoms with Crippen molar-refractivity contribution in [3.63, 3.8) is 0 Å². The molecule has 0 saturated carbocycles. The van der Waals surface area contributed by atoms with Gasteiger partial charge in [-0.15, -0.1) is 6.58 Å². The van der Waals surface area contributed by atoms with E-state index in [1.54, 1.807) is 6.08 Å². The molecule has 2 rings (SSSR count). The van der Waals surface area contributed by atoms with E-state index >= 15 is 0 Å². The summed E-state index contributed by atoms with van der Waals surface area (Å²) in [7, 11) is 0. The fraction of sp³-hybridized carbons (Fsp3) is 0.0833. The van der Waals surface area contributed by atoms with Crippen LogP contribution >= 0.6 is 11.6 Å². The Hall–Kier alpha value is -1.74. The van der Waals surface area contributed by atoms with Gasteiger partial charge < -0.3 is 11.1 Å². The molecule has 0 bridgehead atoms. The first-order chi connectivity index (χ1) is 7.74. The number of hydrogen-bond donors (Lipinski definition) is 2. The summed E-state index contributed by atoms with van der Waals surface area (Å²) in [6.07, 6.45) is 1.77. The van der Waals surface area contributed by atoms with Gasteiger partial charge >= 0.3 is 0 Å². The molecule has 1 heterocycles. The fourth-order valence-corrected chi connectivity index (χ4v) is 1.75. The Labute approximate surface area is 98.9 Å². The van der Waals surface area contributed by atoms with Gasteiger partial charge in [0.15, 0.2) is 5.15 Å². The van der Waals surface area contributed by atoms with Crippen LogP contribution in [0.1, 0.15) is 0 Å². The van der Waals surface area contributed by atoms with Crippen molar-refractivity contribution in [1.29, 1.82) is 0 Å². The highest BCUT2D eigenvalue weighted by atomic mass is 35.5. The molecule has 2 aromatic rings. The van der Waals surface area contributed by atoms with Gasteiger partial charge in [-0.2, -0.15) is 0 Å². The zero-order chi connectivity index (χ0) is 11.5. The predicted octanol–water partition coefficient (Wildman–Crippen LogP) is 3.07. The van der Waals surface area contributed by atoms with Gasteiger partial charge in [0.1, 0.15) is 0 Å². The van der Waals surface area contributed by atoms with Crippen LogP contribution < -0.4 is 11.1 Å². The number of nitrogens with two attached hydrogens (primary N) is 1. The number of fused-ring (bicyclic) bond motifs is 1. The lowest BCUT2D eigenvalue weighted by Gasteiger charge is -2.11. The molecule has 0 unspecified atom stereocenters. The van der Waals surface area contributed by atoms with Crippen molar-refractivity contribution < 1.29 is 0 Å². The molecule has 1 aromatic heterocycles. The summed E-state index contributed by atoms with van der Waals surface area (Å²) in [5.74, 6) is 0. The molecule has 0 fully saturated rings. The number of para-hydroxylation sites is 1. The highest BCUT2D eigenvalue weighted by molar-refractivity contribution is 6.33. The van der Waals surface area contributed by atoms with Crippen LogP contribution in [0, 0.1) is 0 Å². The summed E-state index contributed by atoms with van der Waals surface area (Å²) in [6.45, 7) is 4.29. The Bertz CT molecular complexity index is 537. The van der Waals surface area contributed by atoms with Gasteiger partial charge in [-0.25, -0.2) is 4.98 Å². The Morgan fingerprint density at radius 2 is 2.19 bits per heavy atom. The summed E-state index contributed by atoms with van der Waals surface area (Å²) in [6, 6.07) is 7.72. The first-order valence-electron chi connectivity index (χ1n) is 4.92. The quantitative estimate of drug-likeness (QED) is 0.633. The molecule has 0 radical (unpaired) electrons. The predicted molar refractivity (Wildman–Crippen MR) is 69.9 cm³/mol. The van der Waals surface area contributed by atoms with E-state index in [1.165, 1.54) is 0 Å². The Balaban J connectivity index is 2.66. The van der Waals surface area contributed by atoms with E-state index in [4.69, 9.17) is 17.3 Å². The Morgan fingerprint density at radius 1 is 1.44 bits per heavy atom. The first-order valence-corrected chi connectivity index (χ1v) is 5.30. The van der Waals surface area contributed by atoms with Crippen LogP contribution in [0.25, 0.3) is 10.9 Å². The zero-order valence-corrected chi connectivity index (χ0v) is 9.46. The van der Waals surface area contributed by atoms with Crippen molar-refractivity contribution in [3.8, 4) is 0 Å². The van der Waals surface area contributed by atoms with Crippen molar-refractivity contribution in [1.82, 2.24) is 4.98 Å². The largest absolute Gasteiger partial charge is 0.395 e. The molecular formula is C12H12ClN3. The van der Waals surface area contributed by atoms with Crippen molar-refractivity contribution >= 4 is 33.9 Å². The second-order valence-electron chi connectivity index (χ2n) is 3.38. The van der Waals surface area contributed by atoms with E-state index in [-0.39, 0.29) is 0 Å². The topological polar surface area (TPSA) is 50.9 Å². The molecule has 82 valence electrons. The average molecular weight is 234 g/mol. The molecule has 4 heteroatoms. The second kappa shape index (κ2) is 4.41. The van der Waals surface area contributed by atoms with Gasteiger partial charge in [0.2, 0.25) is 0 Å². The van der Waals surface area contributed by atoms with Gasteiger partial charge in [-0.3, -0.25) is 0 Å². The number of nitrogens with one attached hydrogen (secondary N) is 1. The molecule has 0 atom stereocenters. The SMILES string of the molecule is C=CCNc1c(N)c(Cl)nc2ccccc12. The minimum Gasteiger partial charge on any atom is -0.395 e. The van der Waals surface area contributed by atoms with Gasteiger partial charge in [-0.1, -0.05) is 35.9 Å². The number of hydrogen-bond acceptors (Lipinski definition) is 3. The molecule has 0 spiro atoms. The van der Waals surface area contributed by atoms with Crippen LogP contribution in [0.3, 0.4) is 0 Å². The Kier molecular flexibility index (Phi) is 2.97. The molecule has 0 aliphatic carbocycles. The number of aromatic nitrogens is 1. The summed E-state index contributed by atoms with van der Waals surface area (Å²) in [5, 5.41) is 4.47. The maximum Gasteiger partial charge on any atom is 0.154 e. The number of benzene rings is 1. The van der Waals surface area contributed by atoms with E-state index in [0.29, 0.717) is 17.4 Å². The van der Waals surface area contributed by atoms with Gasteiger partial charge in [0.25, 0.3) is 0 Å². The highest BCUT2D eigenvalue weighted by Gasteiger charge is 2.09. The third-order valence-electron chi connectivity index (χ3n) is 2.31. The second-order valence-corrected chi connectivity index (χ2v) is 3.74. The molecule has 0 saturated heterocycles. The van der Waals surface area contributed by atoms with E-state index in [9.17, 15) is 0 Å². The number of anilines is 2. The molecular weight excluding hydrogens is 222 g/mol. The minimum atomic E-state index is 0.324. The average Bonchev–Trinajstić information content (AvgIpc) is 2.30. The normalized spacial score (nSPS) is 10.3. The van der Waals surface area contributed by atoms with Crippen LogP contribution in [-0.2, 0) is 0 Å². The molecule has 3 nitrogen and oxygen atoms in total. The number of halogens is 1. The van der Waals surface area contributed by atoms with Crippen molar-refractivity contribution in [2.75, 3.05) is 17.6 Å². The third-order valence-corrected chi connectivity index (χ3v) is 2.59. The number of nitrogens with zero attached hydrogens (tertiary/aromatic N) is 1. The van der Waals surface area contributed by atoms with Crippen LogP contribution in [0.2, 0.25) is 5.15 Å². The Morgan fingerprint density at radius 3 is 2.94 bits per heavy atom. The van der Waals surface area contributed by atoms with Crippen molar-refractivity contribution in [3.05, 3.63) is 42.1 Å². The lowest BCUT2D eigenvalue weighted by Crippen LogP contribution is -2.04. The highest BCUT2D eigenvalue weighted by Crippen LogP contribution is 2.32. The van der Waals surface area contributed by atoms with Gasteiger partial charge in [0.05, 0.1) is 16.9 Å². The van der Waals surface area contributed by atoms with Crippen molar-refractivity contribution in [2.45, 2.75) is 0 Å². The van der Waals surface area contributed by atoms with Crippen LogP contribution in [0.4, 0.5) is 11.4 Å². The van der Waals surface area contributed by atoms with Gasteiger partial charge in [-0.05, 0) is 6.07 Å².